The zero-order valence-electron chi connectivity index (χ0n) is 9.94. The molecule has 0 unspecified atom stereocenters. The van der Waals surface area contributed by atoms with Gasteiger partial charge in [0, 0.05) is 5.41 Å². The first-order chi connectivity index (χ1) is 6.37. The Kier molecular flexibility index (Phi) is 2.20. The molecule has 14 heavy (non-hydrogen) atoms. The molecule has 0 radical (unpaired) electrons. The van der Waals surface area contributed by atoms with Crippen LogP contribution in [0.4, 0.5) is 0 Å². The Balaban J connectivity index is 2.25. The first-order valence-electron chi connectivity index (χ1n) is 5.78. The van der Waals surface area contributed by atoms with E-state index in [9.17, 15) is 0 Å². The van der Waals surface area contributed by atoms with Crippen molar-refractivity contribution in [2.45, 2.75) is 58.2 Å². The van der Waals surface area contributed by atoms with Crippen molar-refractivity contribution in [1.82, 2.24) is 5.32 Å². The summed E-state index contributed by atoms with van der Waals surface area (Å²) < 4.78 is 6.20. The highest BCUT2D eigenvalue weighted by molar-refractivity contribution is 5.06. The van der Waals surface area contributed by atoms with Gasteiger partial charge >= 0.3 is 0 Å². The van der Waals surface area contributed by atoms with E-state index in [-0.39, 0.29) is 11.2 Å². The van der Waals surface area contributed by atoms with E-state index < -0.39 is 0 Å². The third kappa shape index (κ3) is 1.49. The van der Waals surface area contributed by atoms with Crippen molar-refractivity contribution in [3.63, 3.8) is 0 Å². The fourth-order valence-electron chi connectivity index (χ4n) is 3.55. The van der Waals surface area contributed by atoms with Gasteiger partial charge < -0.3 is 10.1 Å². The number of hydrogen-bond acceptors (Lipinski definition) is 2. The van der Waals surface area contributed by atoms with E-state index in [2.05, 4.69) is 33.0 Å². The standard InChI is InChI=1S/C12H23NO/c1-10(2)9-12(11(3,4)14-10)5-7-13-8-6-12/h13H,5-9H2,1-4H3. The molecule has 2 heterocycles. The van der Waals surface area contributed by atoms with Gasteiger partial charge in [0.15, 0.2) is 0 Å². The Morgan fingerprint density at radius 1 is 1.00 bits per heavy atom. The number of hydrogen-bond donors (Lipinski definition) is 1. The van der Waals surface area contributed by atoms with Crippen molar-refractivity contribution in [1.29, 1.82) is 0 Å². The molecular formula is C12H23NO. The Morgan fingerprint density at radius 2 is 1.57 bits per heavy atom. The maximum Gasteiger partial charge on any atom is 0.0691 e. The molecule has 0 aliphatic carbocycles. The Labute approximate surface area is 87.4 Å². The van der Waals surface area contributed by atoms with Gasteiger partial charge in [-0.3, -0.25) is 0 Å². The lowest BCUT2D eigenvalue weighted by atomic mass is 9.65. The third-order valence-electron chi connectivity index (χ3n) is 4.13. The predicted molar refractivity (Wildman–Crippen MR) is 58.4 cm³/mol. The second-order valence-corrected chi connectivity index (χ2v) is 6.08. The average Bonchev–Trinajstić information content (AvgIpc) is 2.18. The molecule has 2 rings (SSSR count). The normalized spacial score (nSPS) is 33.4. The van der Waals surface area contributed by atoms with Gasteiger partial charge in [-0.2, -0.15) is 0 Å². The molecular weight excluding hydrogens is 174 g/mol. The highest BCUT2D eigenvalue weighted by Gasteiger charge is 2.56. The van der Waals surface area contributed by atoms with Crippen LogP contribution in [0.25, 0.3) is 0 Å². The Hall–Kier alpha value is -0.0800. The van der Waals surface area contributed by atoms with Gasteiger partial charge in [-0.05, 0) is 60.0 Å². The topological polar surface area (TPSA) is 21.3 Å². The maximum atomic E-state index is 6.20. The van der Waals surface area contributed by atoms with Crippen LogP contribution in [0.15, 0.2) is 0 Å². The van der Waals surface area contributed by atoms with Crippen LogP contribution in [0.3, 0.4) is 0 Å². The molecule has 2 fully saturated rings. The Bertz CT molecular complexity index is 226. The lowest BCUT2D eigenvalue weighted by Gasteiger charge is -2.43. The summed E-state index contributed by atoms with van der Waals surface area (Å²) in [4.78, 5) is 0. The zero-order chi connectivity index (χ0) is 10.4. The summed E-state index contributed by atoms with van der Waals surface area (Å²) in [6, 6.07) is 0. The minimum atomic E-state index is 0.0542. The molecule has 2 nitrogen and oxygen atoms in total. The lowest BCUT2D eigenvalue weighted by Crippen LogP contribution is -2.47. The minimum absolute atomic E-state index is 0.0542. The van der Waals surface area contributed by atoms with Crippen molar-refractivity contribution >= 4 is 0 Å². The minimum Gasteiger partial charge on any atom is -0.369 e. The maximum absolute atomic E-state index is 6.20. The number of nitrogens with one attached hydrogen (secondary N) is 1. The summed E-state index contributed by atoms with van der Waals surface area (Å²) in [7, 11) is 0. The SMILES string of the molecule is CC1(C)CC2(CCNCC2)C(C)(C)O1. The summed E-state index contributed by atoms with van der Waals surface area (Å²) >= 11 is 0. The van der Waals surface area contributed by atoms with E-state index in [0.717, 1.165) is 13.1 Å². The first kappa shape index (κ1) is 10.4. The van der Waals surface area contributed by atoms with Gasteiger partial charge in [0.05, 0.1) is 11.2 Å². The predicted octanol–water partition coefficient (Wildman–Crippen LogP) is 2.33. The summed E-state index contributed by atoms with van der Waals surface area (Å²) in [6.07, 6.45) is 3.75. The molecule has 0 saturated carbocycles. The van der Waals surface area contributed by atoms with E-state index in [4.69, 9.17) is 4.74 Å². The second-order valence-electron chi connectivity index (χ2n) is 6.08. The lowest BCUT2D eigenvalue weighted by molar-refractivity contribution is -0.0990. The van der Waals surface area contributed by atoms with Crippen LogP contribution in [0, 0.1) is 5.41 Å². The van der Waals surface area contributed by atoms with Crippen molar-refractivity contribution in [3.05, 3.63) is 0 Å². The fourth-order valence-corrected chi connectivity index (χ4v) is 3.55. The van der Waals surface area contributed by atoms with Crippen LogP contribution in [0.5, 0.6) is 0 Å². The highest BCUT2D eigenvalue weighted by Crippen LogP contribution is 2.55. The molecule has 1 N–H and O–H groups in total. The van der Waals surface area contributed by atoms with Crippen molar-refractivity contribution < 1.29 is 4.74 Å². The number of piperidine rings is 1. The van der Waals surface area contributed by atoms with Crippen molar-refractivity contribution in [2.24, 2.45) is 5.41 Å². The zero-order valence-corrected chi connectivity index (χ0v) is 9.94. The third-order valence-corrected chi connectivity index (χ3v) is 4.13. The quantitative estimate of drug-likeness (QED) is 0.643. The second kappa shape index (κ2) is 2.96. The fraction of sp³-hybridized carbons (Fsp3) is 1.00. The molecule has 2 heteroatoms. The molecule has 0 atom stereocenters. The van der Waals surface area contributed by atoms with Gasteiger partial charge in [0.2, 0.25) is 0 Å². The van der Waals surface area contributed by atoms with Gasteiger partial charge in [0.25, 0.3) is 0 Å². The summed E-state index contributed by atoms with van der Waals surface area (Å²) in [5.41, 5.74) is 0.543. The molecule has 1 spiro atoms. The molecule has 2 saturated heterocycles. The van der Waals surface area contributed by atoms with Gasteiger partial charge in [-0.1, -0.05) is 0 Å². The van der Waals surface area contributed by atoms with Gasteiger partial charge in [0.1, 0.15) is 0 Å². The van der Waals surface area contributed by atoms with Crippen LogP contribution in [-0.2, 0) is 4.74 Å². The van der Waals surface area contributed by atoms with E-state index in [1.165, 1.54) is 19.3 Å². The number of rotatable bonds is 0. The van der Waals surface area contributed by atoms with E-state index in [1.54, 1.807) is 0 Å². The van der Waals surface area contributed by atoms with Gasteiger partial charge in [-0.15, -0.1) is 0 Å². The van der Waals surface area contributed by atoms with Crippen LogP contribution in [0.1, 0.15) is 47.0 Å². The Morgan fingerprint density at radius 3 is 2.00 bits per heavy atom. The van der Waals surface area contributed by atoms with Crippen LogP contribution < -0.4 is 5.32 Å². The van der Waals surface area contributed by atoms with E-state index in [1.807, 2.05) is 0 Å². The van der Waals surface area contributed by atoms with E-state index in [0.29, 0.717) is 5.41 Å². The molecule has 0 aromatic rings. The largest absolute Gasteiger partial charge is 0.369 e. The van der Waals surface area contributed by atoms with Gasteiger partial charge in [-0.25, -0.2) is 0 Å². The molecule has 82 valence electrons. The first-order valence-corrected chi connectivity index (χ1v) is 5.78. The summed E-state index contributed by atoms with van der Waals surface area (Å²) in [5, 5.41) is 3.45. The van der Waals surface area contributed by atoms with Crippen LogP contribution >= 0.6 is 0 Å². The molecule has 0 aromatic carbocycles. The van der Waals surface area contributed by atoms with Crippen molar-refractivity contribution in [3.8, 4) is 0 Å². The smallest absolute Gasteiger partial charge is 0.0691 e. The molecule has 2 aliphatic rings. The van der Waals surface area contributed by atoms with Crippen molar-refractivity contribution in [2.75, 3.05) is 13.1 Å². The molecule has 0 amide bonds. The molecule has 0 bridgehead atoms. The highest BCUT2D eigenvalue weighted by atomic mass is 16.5. The monoisotopic (exact) mass is 197 g/mol. The molecule has 2 aliphatic heterocycles. The summed E-state index contributed by atoms with van der Waals surface area (Å²) in [6.45, 7) is 11.3. The van der Waals surface area contributed by atoms with Crippen LogP contribution in [-0.4, -0.2) is 24.3 Å². The van der Waals surface area contributed by atoms with E-state index >= 15 is 0 Å². The van der Waals surface area contributed by atoms with Crippen LogP contribution in [0.2, 0.25) is 0 Å². The average molecular weight is 197 g/mol. The number of ether oxygens (including phenoxy) is 1. The molecule has 0 aromatic heterocycles. The summed E-state index contributed by atoms with van der Waals surface area (Å²) in [5.74, 6) is 0.